The second-order valence-electron chi connectivity index (χ2n) is 5.98. The molecule has 1 rings (SSSR count). The quantitative estimate of drug-likeness (QED) is 0.622. The van der Waals surface area contributed by atoms with Crippen LogP contribution < -0.4 is 5.32 Å². The molecule has 6 nitrogen and oxygen atoms in total. The summed E-state index contributed by atoms with van der Waals surface area (Å²) in [5.41, 5.74) is -1.80. The summed E-state index contributed by atoms with van der Waals surface area (Å²) >= 11 is 0. The van der Waals surface area contributed by atoms with Crippen molar-refractivity contribution in [3.8, 4) is 0 Å². The lowest BCUT2D eigenvalue weighted by molar-refractivity contribution is -0.385. The number of carbonyl (C=O) groups is 1. The van der Waals surface area contributed by atoms with Crippen LogP contribution in [0.4, 0.5) is 10.1 Å². The molecule has 0 spiro atoms. The second kappa shape index (κ2) is 5.77. The first-order valence-electron chi connectivity index (χ1n) is 6.39. The van der Waals surface area contributed by atoms with Gasteiger partial charge in [0, 0.05) is 18.2 Å². The van der Waals surface area contributed by atoms with Gasteiger partial charge in [0.2, 0.25) is 0 Å². The Morgan fingerprint density at radius 3 is 2.38 bits per heavy atom. The number of rotatable bonds is 6. The largest absolute Gasteiger partial charge is 0.481 e. The standard InChI is InChI=1S/C14H19FN2O4/c1-13(2,12(18)19)14(3,4)16-8-9-5-10(15)7-11(6-9)17(20)21/h5-7,16H,8H2,1-4H3,(H,18,19). The van der Waals surface area contributed by atoms with Crippen LogP contribution in [0.5, 0.6) is 0 Å². The Labute approximate surface area is 122 Å². The lowest BCUT2D eigenvalue weighted by Crippen LogP contribution is -2.54. The molecule has 0 unspecified atom stereocenters. The van der Waals surface area contributed by atoms with Crippen molar-refractivity contribution in [3.05, 3.63) is 39.7 Å². The van der Waals surface area contributed by atoms with Crippen LogP contribution in [0.2, 0.25) is 0 Å². The number of nitrogens with one attached hydrogen (secondary N) is 1. The van der Waals surface area contributed by atoms with Crippen LogP contribution in [0.3, 0.4) is 0 Å². The fraction of sp³-hybridized carbons (Fsp3) is 0.500. The SMILES string of the molecule is CC(C)(NCc1cc(F)cc([N+](=O)[O-])c1)C(C)(C)C(=O)O. The van der Waals surface area contributed by atoms with E-state index in [1.54, 1.807) is 27.7 Å². The fourth-order valence-electron chi connectivity index (χ4n) is 1.65. The van der Waals surface area contributed by atoms with E-state index in [-0.39, 0.29) is 12.2 Å². The van der Waals surface area contributed by atoms with Crippen LogP contribution in [0.25, 0.3) is 0 Å². The highest BCUT2D eigenvalue weighted by Gasteiger charge is 2.43. The average Bonchev–Trinajstić information content (AvgIpc) is 2.35. The van der Waals surface area contributed by atoms with E-state index in [1.807, 2.05) is 0 Å². The molecule has 0 aromatic heterocycles. The number of nitro benzene ring substituents is 1. The number of carboxylic acids is 1. The zero-order valence-corrected chi connectivity index (χ0v) is 12.4. The maximum absolute atomic E-state index is 13.3. The molecule has 0 fully saturated rings. The monoisotopic (exact) mass is 298 g/mol. The third-order valence-electron chi connectivity index (χ3n) is 3.98. The normalized spacial score (nSPS) is 12.2. The van der Waals surface area contributed by atoms with Gasteiger partial charge in [0.25, 0.3) is 5.69 Å². The summed E-state index contributed by atoms with van der Waals surface area (Å²) in [4.78, 5) is 21.3. The summed E-state index contributed by atoms with van der Waals surface area (Å²) in [6, 6.07) is 3.29. The van der Waals surface area contributed by atoms with E-state index in [2.05, 4.69) is 5.32 Å². The van der Waals surface area contributed by atoms with Gasteiger partial charge >= 0.3 is 5.97 Å². The van der Waals surface area contributed by atoms with Gasteiger partial charge in [0.1, 0.15) is 5.82 Å². The average molecular weight is 298 g/mol. The molecule has 0 aliphatic heterocycles. The smallest absolute Gasteiger partial charge is 0.310 e. The molecule has 21 heavy (non-hydrogen) atoms. The lowest BCUT2D eigenvalue weighted by atomic mass is 9.74. The number of aliphatic carboxylic acids is 1. The summed E-state index contributed by atoms with van der Waals surface area (Å²) in [6.45, 7) is 6.72. The number of non-ortho nitro benzene ring substituents is 1. The van der Waals surface area contributed by atoms with E-state index in [9.17, 15) is 24.4 Å². The topological polar surface area (TPSA) is 92.5 Å². The van der Waals surface area contributed by atoms with E-state index in [1.165, 1.54) is 12.1 Å². The molecule has 0 amide bonds. The van der Waals surface area contributed by atoms with Gasteiger partial charge in [0.15, 0.2) is 0 Å². The number of halogens is 1. The molecule has 0 atom stereocenters. The number of nitro groups is 1. The fourth-order valence-corrected chi connectivity index (χ4v) is 1.65. The zero-order valence-electron chi connectivity index (χ0n) is 12.4. The van der Waals surface area contributed by atoms with E-state index in [4.69, 9.17) is 0 Å². The summed E-state index contributed by atoms with van der Waals surface area (Å²) < 4.78 is 13.3. The third-order valence-corrected chi connectivity index (χ3v) is 3.98. The first-order valence-corrected chi connectivity index (χ1v) is 6.39. The van der Waals surface area contributed by atoms with Crippen molar-refractivity contribution in [2.45, 2.75) is 39.8 Å². The molecule has 0 saturated heterocycles. The van der Waals surface area contributed by atoms with E-state index < -0.39 is 27.7 Å². The van der Waals surface area contributed by atoms with Crippen molar-refractivity contribution in [2.75, 3.05) is 0 Å². The summed E-state index contributed by atoms with van der Waals surface area (Å²) in [5.74, 6) is -1.67. The summed E-state index contributed by atoms with van der Waals surface area (Å²) in [7, 11) is 0. The number of benzene rings is 1. The van der Waals surface area contributed by atoms with Crippen LogP contribution in [-0.4, -0.2) is 21.5 Å². The molecule has 0 saturated carbocycles. The Hall–Kier alpha value is -2.02. The van der Waals surface area contributed by atoms with Crippen molar-refractivity contribution in [1.82, 2.24) is 5.32 Å². The minimum Gasteiger partial charge on any atom is -0.481 e. The lowest BCUT2D eigenvalue weighted by Gasteiger charge is -2.39. The maximum Gasteiger partial charge on any atom is 0.310 e. The van der Waals surface area contributed by atoms with Gasteiger partial charge in [-0.1, -0.05) is 0 Å². The van der Waals surface area contributed by atoms with E-state index in [0.717, 1.165) is 6.07 Å². The molecule has 1 aromatic rings. The maximum atomic E-state index is 13.3. The first-order chi connectivity index (χ1) is 9.47. The number of hydrogen-bond donors (Lipinski definition) is 2. The highest BCUT2D eigenvalue weighted by Crippen LogP contribution is 2.31. The van der Waals surface area contributed by atoms with Gasteiger partial charge < -0.3 is 10.4 Å². The van der Waals surface area contributed by atoms with Crippen LogP contribution in [0, 0.1) is 21.3 Å². The van der Waals surface area contributed by atoms with Gasteiger partial charge in [-0.25, -0.2) is 4.39 Å². The van der Waals surface area contributed by atoms with Gasteiger partial charge in [-0.3, -0.25) is 14.9 Å². The van der Waals surface area contributed by atoms with Crippen LogP contribution >= 0.6 is 0 Å². The Morgan fingerprint density at radius 1 is 1.33 bits per heavy atom. The van der Waals surface area contributed by atoms with Crippen molar-refractivity contribution in [2.24, 2.45) is 5.41 Å². The predicted molar refractivity (Wildman–Crippen MR) is 75.4 cm³/mol. The van der Waals surface area contributed by atoms with Gasteiger partial charge in [-0.15, -0.1) is 0 Å². The van der Waals surface area contributed by atoms with E-state index in [0.29, 0.717) is 5.56 Å². The molecule has 7 heteroatoms. The minimum absolute atomic E-state index is 0.127. The Bertz CT molecular complexity index is 570. The molecule has 0 bridgehead atoms. The number of hydrogen-bond acceptors (Lipinski definition) is 4. The van der Waals surface area contributed by atoms with Crippen molar-refractivity contribution in [1.29, 1.82) is 0 Å². The molecular formula is C14H19FN2O4. The van der Waals surface area contributed by atoms with Crippen LogP contribution in [0.15, 0.2) is 18.2 Å². The van der Waals surface area contributed by atoms with Crippen LogP contribution in [-0.2, 0) is 11.3 Å². The third kappa shape index (κ3) is 3.75. The highest BCUT2D eigenvalue weighted by atomic mass is 19.1. The highest BCUT2D eigenvalue weighted by molar-refractivity contribution is 5.75. The van der Waals surface area contributed by atoms with Crippen molar-refractivity contribution in [3.63, 3.8) is 0 Å². The zero-order chi connectivity index (χ0) is 16.4. The molecule has 0 heterocycles. The Morgan fingerprint density at radius 2 is 1.90 bits per heavy atom. The van der Waals surface area contributed by atoms with Gasteiger partial charge in [0.05, 0.1) is 16.4 Å². The predicted octanol–water partition coefficient (Wildman–Crippen LogP) is 2.71. The molecule has 116 valence electrons. The second-order valence-corrected chi connectivity index (χ2v) is 5.98. The molecule has 0 aliphatic rings. The van der Waals surface area contributed by atoms with Crippen LogP contribution in [0.1, 0.15) is 33.3 Å². The molecule has 2 N–H and O–H groups in total. The molecule has 1 aromatic carbocycles. The van der Waals surface area contributed by atoms with Crippen molar-refractivity contribution >= 4 is 11.7 Å². The summed E-state index contributed by atoms with van der Waals surface area (Å²) in [5, 5.41) is 23.0. The van der Waals surface area contributed by atoms with Gasteiger partial charge in [-0.2, -0.15) is 0 Å². The molecule has 0 aliphatic carbocycles. The minimum atomic E-state index is -1.06. The first kappa shape index (κ1) is 17.0. The van der Waals surface area contributed by atoms with E-state index >= 15 is 0 Å². The molecule has 0 radical (unpaired) electrons. The van der Waals surface area contributed by atoms with Crippen molar-refractivity contribution < 1.29 is 19.2 Å². The number of carboxylic acid groups (broad SMARTS) is 1. The Balaban J connectivity index is 2.93. The molecular weight excluding hydrogens is 279 g/mol. The van der Waals surface area contributed by atoms with Gasteiger partial charge in [-0.05, 0) is 39.3 Å². The Kier molecular flexibility index (Phi) is 4.68. The summed E-state index contributed by atoms with van der Waals surface area (Å²) in [6.07, 6.45) is 0. The number of nitrogens with zero attached hydrogens (tertiary/aromatic N) is 1.